The molecule has 27 heavy (non-hydrogen) atoms. The van der Waals surface area contributed by atoms with Crippen LogP contribution < -0.4 is 14.9 Å². The summed E-state index contributed by atoms with van der Waals surface area (Å²) in [7, 11) is 1.55. The van der Waals surface area contributed by atoms with E-state index in [0.717, 1.165) is 5.69 Å². The van der Waals surface area contributed by atoms with Gasteiger partial charge in [-0.2, -0.15) is 5.10 Å². The molecule has 3 aromatic rings. The zero-order valence-electron chi connectivity index (χ0n) is 14.7. The lowest BCUT2D eigenvalue weighted by Gasteiger charge is -2.13. The number of hydrogen-bond acceptors (Lipinski definition) is 4. The lowest BCUT2D eigenvalue weighted by atomic mass is 10.2. The summed E-state index contributed by atoms with van der Waals surface area (Å²) in [5, 5.41) is 4.88. The standard InChI is InChI=1S/C21H18ClFN2O2/c1-26-20-8-4-6-15(13-24-25-18-11-9-17(22)10-12-18)21(20)27-14-16-5-2-3-7-19(16)23/h2-13,25H,14H2,1H3. The number of rotatable bonds is 7. The molecule has 0 spiro atoms. The highest BCUT2D eigenvalue weighted by Crippen LogP contribution is 2.31. The molecule has 4 nitrogen and oxygen atoms in total. The van der Waals surface area contributed by atoms with Crippen LogP contribution in [0, 0.1) is 5.82 Å². The van der Waals surface area contributed by atoms with Crippen molar-refractivity contribution in [2.45, 2.75) is 6.61 Å². The first-order valence-electron chi connectivity index (χ1n) is 8.25. The topological polar surface area (TPSA) is 42.8 Å². The molecule has 0 saturated heterocycles. The average Bonchev–Trinajstić information content (AvgIpc) is 2.69. The highest BCUT2D eigenvalue weighted by Gasteiger charge is 2.11. The predicted molar refractivity (Wildman–Crippen MR) is 106 cm³/mol. The molecule has 0 aliphatic carbocycles. The van der Waals surface area contributed by atoms with Gasteiger partial charge in [0.2, 0.25) is 0 Å². The SMILES string of the molecule is COc1cccc(C=NNc2ccc(Cl)cc2)c1OCc1ccccc1F. The minimum atomic E-state index is -0.313. The van der Waals surface area contributed by atoms with Crippen molar-refractivity contribution >= 4 is 23.5 Å². The van der Waals surface area contributed by atoms with Crippen molar-refractivity contribution < 1.29 is 13.9 Å². The molecule has 3 aromatic carbocycles. The Hall–Kier alpha value is -3.05. The fraction of sp³-hybridized carbons (Fsp3) is 0.0952. The Labute approximate surface area is 162 Å². The Balaban J connectivity index is 1.77. The van der Waals surface area contributed by atoms with E-state index in [0.29, 0.717) is 27.6 Å². The number of methoxy groups -OCH3 is 1. The van der Waals surface area contributed by atoms with Gasteiger partial charge in [0.25, 0.3) is 0 Å². The molecule has 138 valence electrons. The maximum Gasteiger partial charge on any atom is 0.170 e. The highest BCUT2D eigenvalue weighted by molar-refractivity contribution is 6.30. The first-order valence-corrected chi connectivity index (χ1v) is 8.63. The van der Waals surface area contributed by atoms with Gasteiger partial charge in [-0.3, -0.25) is 5.43 Å². The molecular formula is C21H18ClFN2O2. The van der Waals surface area contributed by atoms with Crippen LogP contribution in [0.3, 0.4) is 0 Å². The zero-order valence-corrected chi connectivity index (χ0v) is 15.4. The minimum Gasteiger partial charge on any atom is -0.493 e. The van der Waals surface area contributed by atoms with Gasteiger partial charge in [0.05, 0.1) is 19.0 Å². The fourth-order valence-corrected chi connectivity index (χ4v) is 2.54. The van der Waals surface area contributed by atoms with Crippen molar-refractivity contribution in [3.8, 4) is 11.5 Å². The number of hydrogen-bond donors (Lipinski definition) is 1. The van der Waals surface area contributed by atoms with E-state index >= 15 is 0 Å². The molecule has 0 heterocycles. The summed E-state index contributed by atoms with van der Waals surface area (Å²) in [6, 6.07) is 19.1. The minimum absolute atomic E-state index is 0.0818. The summed E-state index contributed by atoms with van der Waals surface area (Å²) in [4.78, 5) is 0. The molecule has 6 heteroatoms. The van der Waals surface area contributed by atoms with Gasteiger partial charge in [-0.25, -0.2) is 4.39 Å². The number of anilines is 1. The summed E-state index contributed by atoms with van der Waals surface area (Å²) >= 11 is 5.87. The third kappa shape index (κ3) is 4.99. The van der Waals surface area contributed by atoms with Crippen LogP contribution in [0.25, 0.3) is 0 Å². The zero-order chi connectivity index (χ0) is 19.1. The van der Waals surface area contributed by atoms with E-state index in [9.17, 15) is 4.39 Å². The number of hydrazone groups is 1. The molecule has 0 saturated carbocycles. The fourth-order valence-electron chi connectivity index (χ4n) is 2.42. The lowest BCUT2D eigenvalue weighted by molar-refractivity contribution is 0.279. The molecule has 0 aromatic heterocycles. The first-order chi connectivity index (χ1) is 13.2. The normalized spacial score (nSPS) is 10.8. The van der Waals surface area contributed by atoms with Crippen LogP contribution in [0.1, 0.15) is 11.1 Å². The van der Waals surface area contributed by atoms with Crippen molar-refractivity contribution in [1.29, 1.82) is 0 Å². The largest absolute Gasteiger partial charge is 0.493 e. The summed E-state index contributed by atoms with van der Waals surface area (Å²) in [6.45, 7) is 0.0818. The van der Waals surface area contributed by atoms with Crippen LogP contribution in [-0.4, -0.2) is 13.3 Å². The molecule has 0 amide bonds. The van der Waals surface area contributed by atoms with E-state index in [1.54, 1.807) is 49.7 Å². The van der Waals surface area contributed by atoms with E-state index in [-0.39, 0.29) is 12.4 Å². The van der Waals surface area contributed by atoms with Crippen LogP contribution in [0.15, 0.2) is 71.8 Å². The van der Waals surface area contributed by atoms with Crippen LogP contribution in [-0.2, 0) is 6.61 Å². The van der Waals surface area contributed by atoms with Gasteiger partial charge in [0, 0.05) is 16.1 Å². The van der Waals surface area contributed by atoms with Crippen LogP contribution in [0.4, 0.5) is 10.1 Å². The third-order valence-corrected chi connectivity index (χ3v) is 4.05. The molecule has 0 aliphatic heterocycles. The summed E-state index contributed by atoms with van der Waals surface area (Å²) in [5.74, 6) is 0.721. The molecule has 3 rings (SSSR count). The highest BCUT2D eigenvalue weighted by atomic mass is 35.5. The second-order valence-electron chi connectivity index (χ2n) is 5.64. The monoisotopic (exact) mass is 384 g/mol. The second-order valence-corrected chi connectivity index (χ2v) is 6.07. The molecule has 0 aliphatic rings. The molecule has 0 atom stereocenters. The van der Waals surface area contributed by atoms with Gasteiger partial charge in [-0.05, 0) is 42.5 Å². The number of ether oxygens (including phenoxy) is 2. The van der Waals surface area contributed by atoms with Gasteiger partial charge in [-0.1, -0.05) is 35.9 Å². The van der Waals surface area contributed by atoms with Crippen molar-refractivity contribution in [3.05, 3.63) is 88.7 Å². The maximum atomic E-state index is 13.8. The van der Waals surface area contributed by atoms with Gasteiger partial charge in [0.1, 0.15) is 12.4 Å². The van der Waals surface area contributed by atoms with Crippen molar-refractivity contribution in [3.63, 3.8) is 0 Å². The Morgan fingerprint density at radius 1 is 1.04 bits per heavy atom. The number of para-hydroxylation sites is 1. The Morgan fingerprint density at radius 2 is 1.81 bits per heavy atom. The Bertz CT molecular complexity index is 930. The van der Waals surface area contributed by atoms with Crippen molar-refractivity contribution in [2.24, 2.45) is 5.10 Å². The van der Waals surface area contributed by atoms with E-state index < -0.39 is 0 Å². The Kier molecular flexibility index (Phi) is 6.28. The van der Waals surface area contributed by atoms with E-state index in [2.05, 4.69) is 10.5 Å². The third-order valence-electron chi connectivity index (χ3n) is 3.80. The number of halogens is 2. The molecule has 0 bridgehead atoms. The van der Waals surface area contributed by atoms with Gasteiger partial charge in [-0.15, -0.1) is 0 Å². The van der Waals surface area contributed by atoms with Gasteiger partial charge < -0.3 is 9.47 Å². The number of benzene rings is 3. The molecule has 0 unspecified atom stereocenters. The molecular weight excluding hydrogens is 367 g/mol. The van der Waals surface area contributed by atoms with E-state index in [1.807, 2.05) is 24.3 Å². The van der Waals surface area contributed by atoms with Gasteiger partial charge in [0.15, 0.2) is 11.5 Å². The van der Waals surface area contributed by atoms with Crippen LogP contribution in [0.2, 0.25) is 5.02 Å². The summed E-state index contributed by atoms with van der Waals surface area (Å²) in [6.07, 6.45) is 1.62. The average molecular weight is 385 g/mol. The molecule has 0 fully saturated rings. The van der Waals surface area contributed by atoms with Crippen LogP contribution >= 0.6 is 11.6 Å². The number of nitrogens with zero attached hydrogens (tertiary/aromatic N) is 1. The van der Waals surface area contributed by atoms with E-state index in [4.69, 9.17) is 21.1 Å². The van der Waals surface area contributed by atoms with Crippen molar-refractivity contribution in [1.82, 2.24) is 0 Å². The molecule has 1 N–H and O–H groups in total. The predicted octanol–water partition coefficient (Wildman–Crippen LogP) is 5.51. The summed E-state index contributed by atoms with van der Waals surface area (Å²) in [5.41, 5.74) is 4.89. The first kappa shape index (κ1) is 18.7. The second kappa shape index (κ2) is 9.05. The van der Waals surface area contributed by atoms with Crippen LogP contribution in [0.5, 0.6) is 11.5 Å². The number of nitrogens with one attached hydrogen (secondary N) is 1. The summed E-state index contributed by atoms with van der Waals surface area (Å²) < 4.78 is 25.0. The maximum absolute atomic E-state index is 13.8. The lowest BCUT2D eigenvalue weighted by Crippen LogP contribution is -2.03. The smallest absolute Gasteiger partial charge is 0.170 e. The quantitative estimate of drug-likeness (QED) is 0.431. The Morgan fingerprint density at radius 3 is 2.56 bits per heavy atom. The van der Waals surface area contributed by atoms with Gasteiger partial charge >= 0.3 is 0 Å². The molecule has 0 radical (unpaired) electrons. The van der Waals surface area contributed by atoms with E-state index in [1.165, 1.54) is 6.07 Å². The van der Waals surface area contributed by atoms with Crippen molar-refractivity contribution in [2.75, 3.05) is 12.5 Å².